The van der Waals surface area contributed by atoms with E-state index in [1.807, 2.05) is 6.07 Å². The van der Waals surface area contributed by atoms with Crippen molar-refractivity contribution < 1.29 is 0 Å². The van der Waals surface area contributed by atoms with Crippen LogP contribution in [-0.4, -0.2) is 9.97 Å². The molecule has 1 heterocycles. The molecule has 0 bridgehead atoms. The number of benzene rings is 1. The molecule has 0 saturated carbocycles. The summed E-state index contributed by atoms with van der Waals surface area (Å²) in [6.45, 7) is 10.7. The molecule has 0 atom stereocenters. The summed E-state index contributed by atoms with van der Waals surface area (Å²) in [7, 11) is 0. The van der Waals surface area contributed by atoms with Gasteiger partial charge >= 0.3 is 0 Å². The number of aryl methyl sites for hydroxylation is 3. The molecule has 0 radical (unpaired) electrons. The molecule has 0 aliphatic carbocycles. The summed E-state index contributed by atoms with van der Waals surface area (Å²) >= 11 is 6.16. The fourth-order valence-electron chi connectivity index (χ4n) is 2.31. The van der Waals surface area contributed by atoms with Gasteiger partial charge in [0, 0.05) is 11.3 Å². The summed E-state index contributed by atoms with van der Waals surface area (Å²) in [5, 5.41) is 0.517. The molecule has 106 valence electrons. The second-order valence-corrected chi connectivity index (χ2v) is 6.24. The third-order valence-electron chi connectivity index (χ3n) is 3.45. The van der Waals surface area contributed by atoms with E-state index in [1.54, 1.807) is 0 Å². The molecule has 1 aromatic heterocycles. The number of nitrogens with zero attached hydrogens (tertiary/aromatic N) is 2. The first-order valence-corrected chi connectivity index (χ1v) is 7.36. The van der Waals surface area contributed by atoms with Crippen molar-refractivity contribution in [3.63, 3.8) is 0 Å². The highest BCUT2D eigenvalue weighted by Gasteiger charge is 2.11. The molecule has 2 aromatic rings. The number of halogens is 1. The van der Waals surface area contributed by atoms with Gasteiger partial charge in [-0.25, -0.2) is 9.97 Å². The van der Waals surface area contributed by atoms with Crippen LogP contribution in [0, 0.1) is 26.7 Å². The standard InChI is InChI=1S/C17H21ClN2/c1-10(2)6-14-9-16(18)20-17(19-14)15-8-12(4)11(3)7-13(15)5/h7-10H,6H2,1-5H3. The maximum Gasteiger partial charge on any atom is 0.161 e. The Hall–Kier alpha value is -1.41. The zero-order chi connectivity index (χ0) is 14.9. The molecule has 20 heavy (non-hydrogen) atoms. The molecule has 0 aliphatic heterocycles. The predicted molar refractivity (Wildman–Crippen MR) is 85.2 cm³/mol. The van der Waals surface area contributed by atoms with Gasteiger partial charge in [-0.1, -0.05) is 31.5 Å². The molecule has 0 fully saturated rings. The number of hydrogen-bond acceptors (Lipinski definition) is 2. The normalized spacial score (nSPS) is 11.2. The van der Waals surface area contributed by atoms with E-state index < -0.39 is 0 Å². The van der Waals surface area contributed by atoms with Crippen molar-refractivity contribution in [2.45, 2.75) is 41.0 Å². The third-order valence-corrected chi connectivity index (χ3v) is 3.64. The SMILES string of the molecule is Cc1cc(C)c(-c2nc(Cl)cc(CC(C)C)n2)cc1C. The molecule has 0 amide bonds. The molecule has 0 unspecified atom stereocenters. The quantitative estimate of drug-likeness (QED) is 0.749. The van der Waals surface area contributed by atoms with Crippen LogP contribution in [-0.2, 0) is 6.42 Å². The fourth-order valence-corrected chi connectivity index (χ4v) is 2.51. The lowest BCUT2D eigenvalue weighted by Crippen LogP contribution is -2.02. The summed E-state index contributed by atoms with van der Waals surface area (Å²) in [5.74, 6) is 1.28. The first-order chi connectivity index (χ1) is 9.36. The van der Waals surface area contributed by atoms with Crippen LogP contribution in [0.4, 0.5) is 0 Å². The molecule has 3 heteroatoms. The van der Waals surface area contributed by atoms with E-state index in [4.69, 9.17) is 11.6 Å². The highest BCUT2D eigenvalue weighted by molar-refractivity contribution is 6.29. The highest BCUT2D eigenvalue weighted by atomic mass is 35.5. The summed E-state index contributed by atoms with van der Waals surface area (Å²) < 4.78 is 0. The molecule has 1 aromatic carbocycles. The van der Waals surface area contributed by atoms with Gasteiger partial charge in [0.1, 0.15) is 5.15 Å². The molecular formula is C17H21ClN2. The van der Waals surface area contributed by atoms with Crippen molar-refractivity contribution in [3.05, 3.63) is 45.7 Å². The van der Waals surface area contributed by atoms with Gasteiger partial charge in [-0.05, 0) is 61.9 Å². The Balaban J connectivity index is 2.52. The van der Waals surface area contributed by atoms with Gasteiger partial charge in [-0.15, -0.1) is 0 Å². The minimum atomic E-state index is 0.517. The van der Waals surface area contributed by atoms with E-state index in [0.29, 0.717) is 11.1 Å². The van der Waals surface area contributed by atoms with Gasteiger partial charge in [-0.2, -0.15) is 0 Å². The van der Waals surface area contributed by atoms with Crippen molar-refractivity contribution in [1.29, 1.82) is 0 Å². The fraction of sp³-hybridized carbons (Fsp3) is 0.412. The number of hydrogen-bond donors (Lipinski definition) is 0. The monoisotopic (exact) mass is 288 g/mol. The summed E-state index contributed by atoms with van der Waals surface area (Å²) in [6, 6.07) is 6.19. The van der Waals surface area contributed by atoms with E-state index >= 15 is 0 Å². The van der Waals surface area contributed by atoms with Gasteiger partial charge in [0.2, 0.25) is 0 Å². The topological polar surface area (TPSA) is 25.8 Å². The van der Waals surface area contributed by atoms with E-state index in [9.17, 15) is 0 Å². The van der Waals surface area contributed by atoms with Crippen LogP contribution in [0.5, 0.6) is 0 Å². The first-order valence-electron chi connectivity index (χ1n) is 6.98. The van der Waals surface area contributed by atoms with E-state index in [1.165, 1.54) is 16.7 Å². The Bertz CT molecular complexity index is 633. The Morgan fingerprint density at radius 2 is 1.60 bits per heavy atom. The van der Waals surface area contributed by atoms with Crippen LogP contribution in [0.25, 0.3) is 11.4 Å². The lowest BCUT2D eigenvalue weighted by molar-refractivity contribution is 0.634. The lowest BCUT2D eigenvalue weighted by Gasteiger charge is -2.11. The smallest absolute Gasteiger partial charge is 0.161 e. The molecule has 0 saturated heterocycles. The number of rotatable bonds is 3. The van der Waals surface area contributed by atoms with E-state index in [0.717, 1.165) is 23.5 Å². The maximum absolute atomic E-state index is 6.16. The maximum atomic E-state index is 6.16. The Morgan fingerprint density at radius 1 is 0.950 bits per heavy atom. The molecule has 2 nitrogen and oxygen atoms in total. The van der Waals surface area contributed by atoms with Crippen LogP contribution in [0.2, 0.25) is 5.15 Å². The molecular weight excluding hydrogens is 268 g/mol. The van der Waals surface area contributed by atoms with Gasteiger partial charge in [0.25, 0.3) is 0 Å². The Labute approximate surface area is 126 Å². The minimum Gasteiger partial charge on any atom is -0.233 e. The van der Waals surface area contributed by atoms with Gasteiger partial charge in [-0.3, -0.25) is 0 Å². The highest BCUT2D eigenvalue weighted by Crippen LogP contribution is 2.25. The van der Waals surface area contributed by atoms with E-state index in [-0.39, 0.29) is 0 Å². The van der Waals surface area contributed by atoms with Gasteiger partial charge in [0.15, 0.2) is 5.82 Å². The summed E-state index contributed by atoms with van der Waals surface area (Å²) in [5.41, 5.74) is 5.80. The summed E-state index contributed by atoms with van der Waals surface area (Å²) in [6.07, 6.45) is 0.916. The molecule has 0 spiro atoms. The summed E-state index contributed by atoms with van der Waals surface area (Å²) in [4.78, 5) is 9.08. The van der Waals surface area contributed by atoms with Crippen molar-refractivity contribution in [1.82, 2.24) is 9.97 Å². The van der Waals surface area contributed by atoms with Crippen LogP contribution >= 0.6 is 11.6 Å². The minimum absolute atomic E-state index is 0.517. The Morgan fingerprint density at radius 3 is 2.25 bits per heavy atom. The second-order valence-electron chi connectivity index (χ2n) is 5.85. The van der Waals surface area contributed by atoms with Crippen LogP contribution < -0.4 is 0 Å². The zero-order valence-electron chi connectivity index (χ0n) is 12.8. The molecule has 2 rings (SSSR count). The van der Waals surface area contributed by atoms with Crippen LogP contribution in [0.1, 0.15) is 36.2 Å². The zero-order valence-corrected chi connectivity index (χ0v) is 13.5. The average Bonchev–Trinajstić information content (AvgIpc) is 2.32. The van der Waals surface area contributed by atoms with Crippen molar-refractivity contribution in [3.8, 4) is 11.4 Å². The molecule has 0 aliphatic rings. The van der Waals surface area contributed by atoms with Crippen molar-refractivity contribution in [2.75, 3.05) is 0 Å². The Kier molecular flexibility index (Phi) is 4.44. The first kappa shape index (κ1) is 15.0. The second kappa shape index (κ2) is 5.92. The third kappa shape index (κ3) is 3.37. The molecule has 0 N–H and O–H groups in total. The lowest BCUT2D eigenvalue weighted by atomic mass is 10.00. The predicted octanol–water partition coefficient (Wildman–Crippen LogP) is 4.92. The van der Waals surface area contributed by atoms with E-state index in [2.05, 4.69) is 56.7 Å². The number of aromatic nitrogens is 2. The van der Waals surface area contributed by atoms with Crippen LogP contribution in [0.3, 0.4) is 0 Å². The van der Waals surface area contributed by atoms with Crippen molar-refractivity contribution in [2.24, 2.45) is 5.92 Å². The van der Waals surface area contributed by atoms with Gasteiger partial charge in [0.05, 0.1) is 0 Å². The van der Waals surface area contributed by atoms with Crippen LogP contribution in [0.15, 0.2) is 18.2 Å². The van der Waals surface area contributed by atoms with Crippen molar-refractivity contribution >= 4 is 11.6 Å². The van der Waals surface area contributed by atoms with Gasteiger partial charge < -0.3 is 0 Å². The largest absolute Gasteiger partial charge is 0.233 e. The average molecular weight is 289 g/mol.